The van der Waals surface area contributed by atoms with Gasteiger partial charge >= 0.3 is 0 Å². The van der Waals surface area contributed by atoms with E-state index in [1.807, 2.05) is 12.1 Å². The monoisotopic (exact) mass is 280 g/mol. The molecule has 106 valence electrons. The van der Waals surface area contributed by atoms with E-state index in [1.165, 1.54) is 18.4 Å². The van der Waals surface area contributed by atoms with E-state index in [1.54, 1.807) is 0 Å². The van der Waals surface area contributed by atoms with E-state index < -0.39 is 0 Å². The highest BCUT2D eigenvalue weighted by Gasteiger charge is 2.26. The summed E-state index contributed by atoms with van der Waals surface area (Å²) in [5, 5.41) is 4.49. The quantitative estimate of drug-likeness (QED) is 0.822. The maximum Gasteiger partial charge on any atom is 0.0451 e. The van der Waals surface area contributed by atoms with Crippen LogP contribution in [0.25, 0.3) is 0 Å². The van der Waals surface area contributed by atoms with Crippen molar-refractivity contribution < 1.29 is 0 Å². The first kappa shape index (κ1) is 14.8. The van der Waals surface area contributed by atoms with Crippen molar-refractivity contribution in [1.82, 2.24) is 10.2 Å². The maximum atomic E-state index is 6.21. The van der Waals surface area contributed by atoms with Crippen molar-refractivity contribution in [2.45, 2.75) is 39.3 Å². The lowest BCUT2D eigenvalue weighted by Crippen LogP contribution is -2.39. The predicted octanol–water partition coefficient (Wildman–Crippen LogP) is 3.55. The number of benzene rings is 1. The fourth-order valence-electron chi connectivity index (χ4n) is 2.47. The van der Waals surface area contributed by atoms with E-state index in [4.69, 9.17) is 11.6 Å². The Balaban J connectivity index is 1.82. The Morgan fingerprint density at radius 3 is 2.63 bits per heavy atom. The van der Waals surface area contributed by atoms with Gasteiger partial charge in [-0.3, -0.25) is 0 Å². The maximum absolute atomic E-state index is 6.21. The van der Waals surface area contributed by atoms with Gasteiger partial charge in [-0.1, -0.05) is 43.6 Å². The zero-order chi connectivity index (χ0) is 13.9. The zero-order valence-electron chi connectivity index (χ0n) is 12.2. The molecule has 1 N–H and O–H groups in total. The molecule has 0 spiro atoms. The van der Waals surface area contributed by atoms with Gasteiger partial charge < -0.3 is 10.2 Å². The molecule has 1 aromatic carbocycles. The predicted molar refractivity (Wildman–Crippen MR) is 82.6 cm³/mol. The lowest BCUT2D eigenvalue weighted by Gasteiger charge is -2.31. The molecule has 0 bridgehead atoms. The molecule has 0 atom stereocenters. The zero-order valence-corrected chi connectivity index (χ0v) is 13.0. The molecule has 0 amide bonds. The number of nitrogens with zero attached hydrogens (tertiary/aromatic N) is 1. The van der Waals surface area contributed by atoms with Crippen LogP contribution >= 0.6 is 11.6 Å². The summed E-state index contributed by atoms with van der Waals surface area (Å²) in [6, 6.07) is 8.89. The fraction of sp³-hybridized carbons (Fsp3) is 0.625. The lowest BCUT2D eigenvalue weighted by atomic mass is 9.92. The number of hydrogen-bond acceptors (Lipinski definition) is 2. The highest BCUT2D eigenvalue weighted by molar-refractivity contribution is 6.31. The Morgan fingerprint density at radius 2 is 2.00 bits per heavy atom. The van der Waals surface area contributed by atoms with Crippen LogP contribution in [-0.4, -0.2) is 31.1 Å². The van der Waals surface area contributed by atoms with Gasteiger partial charge in [0.1, 0.15) is 0 Å². The van der Waals surface area contributed by atoms with E-state index in [-0.39, 0.29) is 0 Å². The molecule has 0 radical (unpaired) electrons. The van der Waals surface area contributed by atoms with Crippen LogP contribution in [0.4, 0.5) is 0 Å². The topological polar surface area (TPSA) is 15.3 Å². The molecule has 1 fully saturated rings. The Kier molecular flexibility index (Phi) is 4.88. The second-order valence-electron chi connectivity index (χ2n) is 6.58. The van der Waals surface area contributed by atoms with Gasteiger partial charge in [0.25, 0.3) is 0 Å². The van der Waals surface area contributed by atoms with E-state index in [0.29, 0.717) is 5.41 Å². The number of hydrogen-bond donors (Lipinski definition) is 1. The average Bonchev–Trinajstić information content (AvgIpc) is 3.13. The Bertz CT molecular complexity index is 413. The van der Waals surface area contributed by atoms with Crippen molar-refractivity contribution in [1.29, 1.82) is 0 Å². The second kappa shape index (κ2) is 6.25. The van der Waals surface area contributed by atoms with Crippen molar-refractivity contribution in [3.63, 3.8) is 0 Å². The fourth-order valence-corrected chi connectivity index (χ4v) is 2.66. The van der Waals surface area contributed by atoms with Crippen molar-refractivity contribution in [2.24, 2.45) is 5.41 Å². The summed E-state index contributed by atoms with van der Waals surface area (Å²) >= 11 is 6.21. The summed E-state index contributed by atoms with van der Waals surface area (Å²) in [5.74, 6) is 0. The van der Waals surface area contributed by atoms with Gasteiger partial charge in [-0.15, -0.1) is 0 Å². The SMILES string of the molecule is CN(Cc1ccccc1Cl)CC(C)(C)CNC1CC1. The van der Waals surface area contributed by atoms with E-state index >= 15 is 0 Å². The summed E-state index contributed by atoms with van der Waals surface area (Å²) < 4.78 is 0. The van der Waals surface area contributed by atoms with Crippen molar-refractivity contribution in [3.05, 3.63) is 34.9 Å². The van der Waals surface area contributed by atoms with Gasteiger partial charge in [0.05, 0.1) is 0 Å². The van der Waals surface area contributed by atoms with E-state index in [0.717, 1.165) is 30.7 Å². The molecule has 2 rings (SSSR count). The number of rotatable bonds is 7. The minimum atomic E-state index is 0.290. The second-order valence-corrected chi connectivity index (χ2v) is 6.99. The largest absolute Gasteiger partial charge is 0.313 e. The number of halogens is 1. The van der Waals surface area contributed by atoms with Gasteiger partial charge in [0, 0.05) is 30.7 Å². The van der Waals surface area contributed by atoms with Gasteiger partial charge in [-0.2, -0.15) is 0 Å². The Morgan fingerprint density at radius 1 is 1.32 bits per heavy atom. The molecular formula is C16H25ClN2. The van der Waals surface area contributed by atoms with Crippen LogP contribution in [0.3, 0.4) is 0 Å². The van der Waals surface area contributed by atoms with Crippen molar-refractivity contribution >= 4 is 11.6 Å². The molecule has 1 aliphatic rings. The van der Waals surface area contributed by atoms with Crippen LogP contribution in [0.2, 0.25) is 5.02 Å². The molecule has 0 saturated heterocycles. The number of nitrogens with one attached hydrogen (secondary N) is 1. The lowest BCUT2D eigenvalue weighted by molar-refractivity contribution is 0.198. The molecule has 0 heterocycles. The smallest absolute Gasteiger partial charge is 0.0451 e. The Hall–Kier alpha value is -0.570. The molecule has 0 aliphatic heterocycles. The third-order valence-electron chi connectivity index (χ3n) is 3.54. The average molecular weight is 281 g/mol. The first-order valence-corrected chi connectivity index (χ1v) is 7.49. The molecule has 1 saturated carbocycles. The summed E-state index contributed by atoms with van der Waals surface area (Å²) in [5.41, 5.74) is 1.50. The normalized spacial score (nSPS) is 16.1. The van der Waals surface area contributed by atoms with Crippen LogP contribution in [0.5, 0.6) is 0 Å². The van der Waals surface area contributed by atoms with Gasteiger partial charge in [-0.25, -0.2) is 0 Å². The minimum Gasteiger partial charge on any atom is -0.313 e. The molecule has 0 unspecified atom stereocenters. The standard InChI is InChI=1S/C16H25ClN2/c1-16(2,11-18-14-8-9-14)12-19(3)10-13-6-4-5-7-15(13)17/h4-7,14,18H,8-12H2,1-3H3. The Labute approximate surface area is 122 Å². The summed E-state index contributed by atoms with van der Waals surface area (Å²) in [6.07, 6.45) is 2.71. The molecule has 1 aromatic rings. The first-order valence-electron chi connectivity index (χ1n) is 7.12. The summed E-state index contributed by atoms with van der Waals surface area (Å²) in [6.45, 7) is 7.71. The molecule has 3 heteroatoms. The molecular weight excluding hydrogens is 256 g/mol. The van der Waals surface area contributed by atoms with Crippen LogP contribution in [0.1, 0.15) is 32.3 Å². The summed E-state index contributed by atoms with van der Waals surface area (Å²) in [7, 11) is 2.17. The van der Waals surface area contributed by atoms with Crippen LogP contribution < -0.4 is 5.32 Å². The van der Waals surface area contributed by atoms with Gasteiger partial charge in [0.15, 0.2) is 0 Å². The molecule has 19 heavy (non-hydrogen) atoms. The van der Waals surface area contributed by atoms with Crippen molar-refractivity contribution in [3.8, 4) is 0 Å². The van der Waals surface area contributed by atoms with Crippen LogP contribution in [0.15, 0.2) is 24.3 Å². The minimum absolute atomic E-state index is 0.290. The molecule has 2 nitrogen and oxygen atoms in total. The first-order chi connectivity index (χ1) is 8.96. The third-order valence-corrected chi connectivity index (χ3v) is 3.91. The molecule has 0 aromatic heterocycles. The van der Waals surface area contributed by atoms with E-state index in [9.17, 15) is 0 Å². The van der Waals surface area contributed by atoms with Crippen LogP contribution in [-0.2, 0) is 6.54 Å². The van der Waals surface area contributed by atoms with E-state index in [2.05, 4.69) is 43.2 Å². The van der Waals surface area contributed by atoms with Gasteiger partial charge in [-0.05, 0) is 36.9 Å². The van der Waals surface area contributed by atoms with Crippen LogP contribution in [0, 0.1) is 5.41 Å². The highest BCUT2D eigenvalue weighted by Crippen LogP contribution is 2.23. The summed E-state index contributed by atoms with van der Waals surface area (Å²) in [4.78, 5) is 2.36. The third kappa shape index (κ3) is 5.13. The van der Waals surface area contributed by atoms with Gasteiger partial charge in [0.2, 0.25) is 0 Å². The van der Waals surface area contributed by atoms with Crippen molar-refractivity contribution in [2.75, 3.05) is 20.1 Å². The highest BCUT2D eigenvalue weighted by atomic mass is 35.5. The molecule has 1 aliphatic carbocycles.